The fourth-order valence-electron chi connectivity index (χ4n) is 3.15. The van der Waals surface area contributed by atoms with Gasteiger partial charge in [0.1, 0.15) is 5.75 Å². The molecule has 9 nitrogen and oxygen atoms in total. The van der Waals surface area contributed by atoms with Gasteiger partial charge in [-0.25, -0.2) is 9.48 Å². The van der Waals surface area contributed by atoms with Crippen molar-refractivity contribution in [2.24, 2.45) is 0 Å². The van der Waals surface area contributed by atoms with E-state index in [-0.39, 0.29) is 23.8 Å². The quantitative estimate of drug-likeness (QED) is 0.419. The Morgan fingerprint density at radius 3 is 2.58 bits per heavy atom. The molecular formula is C22H20N4O5. The lowest BCUT2D eigenvalue weighted by Gasteiger charge is -2.08. The second-order valence-corrected chi connectivity index (χ2v) is 6.53. The van der Waals surface area contributed by atoms with Gasteiger partial charge in [0.05, 0.1) is 17.6 Å². The lowest BCUT2D eigenvalue weighted by molar-refractivity contribution is 0.0422. The van der Waals surface area contributed by atoms with Crippen LogP contribution < -0.4 is 10.3 Å². The number of hydrogen-bond acceptors (Lipinski definition) is 8. The molecule has 2 aromatic carbocycles. The van der Waals surface area contributed by atoms with Crippen LogP contribution in [0.4, 0.5) is 0 Å². The Balaban J connectivity index is 1.56. The van der Waals surface area contributed by atoms with Crippen LogP contribution in [-0.2, 0) is 17.9 Å². The first-order valence-electron chi connectivity index (χ1n) is 9.84. The molecule has 0 aliphatic rings. The van der Waals surface area contributed by atoms with E-state index < -0.39 is 5.97 Å². The number of carbonyl (C=O) groups excluding carboxylic acids is 1. The zero-order valence-corrected chi connectivity index (χ0v) is 17.1. The average molecular weight is 420 g/mol. The van der Waals surface area contributed by atoms with Crippen LogP contribution in [0.1, 0.15) is 30.2 Å². The maximum absolute atomic E-state index is 12.7. The highest BCUT2D eigenvalue weighted by molar-refractivity contribution is 6.02. The van der Waals surface area contributed by atoms with Crippen molar-refractivity contribution >= 4 is 16.7 Å². The van der Waals surface area contributed by atoms with Gasteiger partial charge in [-0.15, -0.1) is 0 Å². The van der Waals surface area contributed by atoms with Crippen molar-refractivity contribution in [3.8, 4) is 17.1 Å². The number of esters is 1. The minimum Gasteiger partial charge on any atom is -0.493 e. The van der Waals surface area contributed by atoms with Gasteiger partial charge in [-0.2, -0.15) is 10.1 Å². The SMILES string of the molecule is CCOc1ccccc1-c1noc(COC(=O)c2nn(CC)c(=O)c3ccccc23)n1. The summed E-state index contributed by atoms with van der Waals surface area (Å²) in [5.74, 6) is 0.403. The van der Waals surface area contributed by atoms with Crippen LogP contribution in [0.3, 0.4) is 0 Å². The van der Waals surface area contributed by atoms with E-state index in [4.69, 9.17) is 14.0 Å². The first-order valence-corrected chi connectivity index (χ1v) is 9.84. The van der Waals surface area contributed by atoms with Crippen LogP contribution in [0.25, 0.3) is 22.2 Å². The third-order valence-electron chi connectivity index (χ3n) is 4.58. The van der Waals surface area contributed by atoms with Gasteiger partial charge >= 0.3 is 5.97 Å². The number of hydrogen-bond donors (Lipinski definition) is 0. The molecule has 0 unspecified atom stereocenters. The van der Waals surface area contributed by atoms with Crippen LogP contribution in [0.5, 0.6) is 5.75 Å². The maximum Gasteiger partial charge on any atom is 0.359 e. The van der Waals surface area contributed by atoms with Crippen molar-refractivity contribution in [2.45, 2.75) is 27.0 Å². The van der Waals surface area contributed by atoms with E-state index in [1.807, 2.05) is 31.2 Å². The largest absolute Gasteiger partial charge is 0.493 e. The second kappa shape index (κ2) is 8.78. The monoisotopic (exact) mass is 420 g/mol. The number of para-hydroxylation sites is 1. The number of aromatic nitrogens is 4. The molecule has 4 rings (SSSR count). The van der Waals surface area contributed by atoms with Gasteiger partial charge in [0.2, 0.25) is 5.82 Å². The lowest BCUT2D eigenvalue weighted by Crippen LogP contribution is -2.25. The Morgan fingerprint density at radius 1 is 1.06 bits per heavy atom. The van der Waals surface area contributed by atoms with Gasteiger partial charge < -0.3 is 14.0 Å². The van der Waals surface area contributed by atoms with Gasteiger partial charge in [0.15, 0.2) is 12.3 Å². The Kier molecular flexibility index (Phi) is 5.74. The Labute approximate surface area is 177 Å². The van der Waals surface area contributed by atoms with E-state index in [1.165, 1.54) is 4.68 Å². The van der Waals surface area contributed by atoms with E-state index in [2.05, 4.69) is 15.2 Å². The Bertz CT molecular complexity index is 1290. The number of aryl methyl sites for hydroxylation is 1. The minimum absolute atomic E-state index is 0.0541. The van der Waals surface area contributed by atoms with Crippen LogP contribution in [0.2, 0.25) is 0 Å². The summed E-state index contributed by atoms with van der Waals surface area (Å²) < 4.78 is 17.4. The standard InChI is InChI=1S/C22H20N4O5/c1-3-26-21(27)15-10-6-5-9-14(15)19(24-26)22(28)30-13-18-23-20(25-31-18)16-11-7-8-12-17(16)29-4-2/h5-12H,3-4,13H2,1-2H3. The molecule has 0 bridgehead atoms. The smallest absolute Gasteiger partial charge is 0.359 e. The lowest BCUT2D eigenvalue weighted by atomic mass is 10.1. The summed E-state index contributed by atoms with van der Waals surface area (Å²) in [7, 11) is 0. The number of rotatable bonds is 7. The summed E-state index contributed by atoms with van der Waals surface area (Å²) in [4.78, 5) is 29.4. The van der Waals surface area contributed by atoms with Gasteiger partial charge in [0, 0.05) is 11.9 Å². The molecule has 0 aliphatic heterocycles. The predicted molar refractivity (Wildman–Crippen MR) is 112 cm³/mol. The van der Waals surface area contributed by atoms with E-state index in [0.29, 0.717) is 41.1 Å². The third kappa shape index (κ3) is 4.02. The minimum atomic E-state index is -0.687. The first-order chi connectivity index (χ1) is 15.1. The van der Waals surface area contributed by atoms with E-state index >= 15 is 0 Å². The summed E-state index contributed by atoms with van der Waals surface area (Å²) in [5, 5.41) is 8.94. The highest BCUT2D eigenvalue weighted by atomic mass is 16.6. The van der Waals surface area contributed by atoms with Crippen molar-refractivity contribution in [2.75, 3.05) is 6.61 Å². The number of ether oxygens (including phenoxy) is 2. The highest BCUT2D eigenvalue weighted by Crippen LogP contribution is 2.27. The van der Waals surface area contributed by atoms with Crippen molar-refractivity contribution in [3.05, 3.63) is 70.5 Å². The summed E-state index contributed by atoms with van der Waals surface area (Å²) in [6.07, 6.45) is 0. The molecule has 0 aliphatic carbocycles. The fourth-order valence-corrected chi connectivity index (χ4v) is 3.15. The van der Waals surface area contributed by atoms with Crippen molar-refractivity contribution < 1.29 is 18.8 Å². The highest BCUT2D eigenvalue weighted by Gasteiger charge is 2.19. The first kappa shape index (κ1) is 20.3. The van der Waals surface area contributed by atoms with Crippen molar-refractivity contribution in [1.82, 2.24) is 19.9 Å². The molecular weight excluding hydrogens is 400 g/mol. The molecule has 0 amide bonds. The maximum atomic E-state index is 12.7. The number of benzene rings is 2. The molecule has 0 atom stereocenters. The average Bonchev–Trinajstić information content (AvgIpc) is 3.27. The molecule has 0 radical (unpaired) electrons. The Hall–Kier alpha value is -4.01. The van der Waals surface area contributed by atoms with Crippen molar-refractivity contribution in [3.63, 3.8) is 0 Å². The zero-order valence-electron chi connectivity index (χ0n) is 17.1. The number of nitrogens with zero attached hydrogens (tertiary/aromatic N) is 4. The molecule has 2 heterocycles. The van der Waals surface area contributed by atoms with E-state index in [1.54, 1.807) is 31.2 Å². The molecule has 0 saturated carbocycles. The van der Waals surface area contributed by atoms with Crippen LogP contribution in [0.15, 0.2) is 57.8 Å². The van der Waals surface area contributed by atoms with Gasteiger partial charge in [-0.05, 0) is 32.0 Å². The molecule has 158 valence electrons. The van der Waals surface area contributed by atoms with Gasteiger partial charge in [0.25, 0.3) is 11.4 Å². The van der Waals surface area contributed by atoms with E-state index in [0.717, 1.165) is 0 Å². The van der Waals surface area contributed by atoms with Gasteiger partial charge in [-0.1, -0.05) is 35.5 Å². The molecule has 31 heavy (non-hydrogen) atoms. The predicted octanol–water partition coefficient (Wildman–Crippen LogP) is 3.22. The summed E-state index contributed by atoms with van der Waals surface area (Å²) in [6.45, 7) is 4.26. The summed E-state index contributed by atoms with van der Waals surface area (Å²) in [6, 6.07) is 14.1. The third-order valence-corrected chi connectivity index (χ3v) is 4.58. The van der Waals surface area contributed by atoms with E-state index in [9.17, 15) is 9.59 Å². The number of fused-ring (bicyclic) bond motifs is 1. The molecule has 0 N–H and O–H groups in total. The molecule has 2 aromatic heterocycles. The molecule has 0 fully saturated rings. The van der Waals surface area contributed by atoms with Crippen molar-refractivity contribution in [1.29, 1.82) is 0 Å². The summed E-state index contributed by atoms with van der Waals surface area (Å²) in [5.41, 5.74) is 0.469. The number of carbonyl (C=O) groups is 1. The molecule has 9 heteroatoms. The van der Waals surface area contributed by atoms with Crippen LogP contribution in [0, 0.1) is 0 Å². The second-order valence-electron chi connectivity index (χ2n) is 6.53. The normalized spacial score (nSPS) is 10.9. The molecule has 0 spiro atoms. The molecule has 4 aromatic rings. The topological polar surface area (TPSA) is 109 Å². The van der Waals surface area contributed by atoms with Crippen LogP contribution in [-0.4, -0.2) is 32.5 Å². The summed E-state index contributed by atoms with van der Waals surface area (Å²) >= 11 is 0. The van der Waals surface area contributed by atoms with Crippen LogP contribution >= 0.6 is 0 Å². The molecule has 0 saturated heterocycles. The fraction of sp³-hybridized carbons (Fsp3) is 0.227. The van der Waals surface area contributed by atoms with Gasteiger partial charge in [-0.3, -0.25) is 4.79 Å². The zero-order chi connectivity index (χ0) is 21.8. The Morgan fingerprint density at radius 2 is 1.81 bits per heavy atom.